The van der Waals surface area contributed by atoms with Gasteiger partial charge in [0.1, 0.15) is 11.5 Å². The Kier molecular flexibility index (Phi) is 5.22. The van der Waals surface area contributed by atoms with E-state index in [1.807, 2.05) is 30.3 Å². The normalized spacial score (nSPS) is 11.7. The molecule has 5 heteroatoms. The maximum atomic E-state index is 12.3. The van der Waals surface area contributed by atoms with Crippen LogP contribution in [0.1, 0.15) is 22.0 Å². The number of phenolic OH excluding ortho intramolecular Hbond substituents is 1. The monoisotopic (exact) mass is 349 g/mol. The summed E-state index contributed by atoms with van der Waals surface area (Å²) in [6.07, 6.45) is 0. The largest absolute Gasteiger partial charge is 0.507 e. The summed E-state index contributed by atoms with van der Waals surface area (Å²) in [4.78, 5) is 12.3. The van der Waals surface area contributed by atoms with Crippen LogP contribution in [0.25, 0.3) is 0 Å². The van der Waals surface area contributed by atoms with E-state index in [9.17, 15) is 9.90 Å². The highest BCUT2D eigenvalue weighted by atomic mass is 79.9. The van der Waals surface area contributed by atoms with E-state index in [0.29, 0.717) is 11.1 Å². The van der Waals surface area contributed by atoms with Crippen LogP contribution in [0.15, 0.2) is 48.5 Å². The van der Waals surface area contributed by atoms with Gasteiger partial charge in [0.25, 0.3) is 5.91 Å². The number of hydrogen-bond donors (Lipinski definition) is 2. The number of halogens is 1. The minimum atomic E-state index is -0.330. The van der Waals surface area contributed by atoms with Crippen molar-refractivity contribution in [3.63, 3.8) is 0 Å². The first-order valence-corrected chi connectivity index (χ1v) is 7.56. The van der Waals surface area contributed by atoms with E-state index in [4.69, 9.17) is 4.74 Å². The van der Waals surface area contributed by atoms with E-state index in [1.165, 1.54) is 13.2 Å². The van der Waals surface area contributed by atoms with Gasteiger partial charge in [-0.3, -0.25) is 4.79 Å². The number of methoxy groups -OCH3 is 1. The van der Waals surface area contributed by atoms with Gasteiger partial charge in [0, 0.05) is 11.4 Å². The molecule has 0 aliphatic carbocycles. The fourth-order valence-corrected chi connectivity index (χ4v) is 2.50. The molecule has 0 fully saturated rings. The topological polar surface area (TPSA) is 58.6 Å². The highest BCUT2D eigenvalue weighted by Crippen LogP contribution is 2.24. The van der Waals surface area contributed by atoms with Gasteiger partial charge in [-0.05, 0) is 17.7 Å². The van der Waals surface area contributed by atoms with Gasteiger partial charge < -0.3 is 15.2 Å². The molecule has 0 aliphatic heterocycles. The number of phenols is 1. The SMILES string of the molecule is COc1ccc(C(=O)NC(CBr)c2ccccc2)c(O)c1. The molecule has 1 amide bonds. The molecule has 2 N–H and O–H groups in total. The van der Waals surface area contributed by atoms with Gasteiger partial charge in [-0.15, -0.1) is 0 Å². The lowest BCUT2D eigenvalue weighted by molar-refractivity contribution is 0.0938. The molecule has 0 saturated carbocycles. The number of amides is 1. The number of hydrogen-bond acceptors (Lipinski definition) is 3. The van der Waals surface area contributed by atoms with Crippen molar-refractivity contribution in [1.29, 1.82) is 0 Å². The molecule has 0 radical (unpaired) electrons. The van der Waals surface area contributed by atoms with Crippen LogP contribution in [0.4, 0.5) is 0 Å². The molecule has 0 aromatic heterocycles. The Morgan fingerprint density at radius 2 is 2.00 bits per heavy atom. The Morgan fingerprint density at radius 1 is 1.29 bits per heavy atom. The van der Waals surface area contributed by atoms with E-state index in [0.717, 1.165) is 5.56 Å². The van der Waals surface area contributed by atoms with Crippen LogP contribution >= 0.6 is 15.9 Å². The third kappa shape index (κ3) is 3.76. The molecule has 110 valence electrons. The van der Waals surface area contributed by atoms with Crippen LogP contribution in [0, 0.1) is 0 Å². The van der Waals surface area contributed by atoms with Gasteiger partial charge in [-0.25, -0.2) is 0 Å². The van der Waals surface area contributed by atoms with Crippen molar-refractivity contribution in [2.45, 2.75) is 6.04 Å². The van der Waals surface area contributed by atoms with Crippen molar-refractivity contribution in [2.24, 2.45) is 0 Å². The zero-order valence-corrected chi connectivity index (χ0v) is 13.1. The summed E-state index contributed by atoms with van der Waals surface area (Å²) in [5.74, 6) is 0.0702. The Balaban J connectivity index is 2.17. The van der Waals surface area contributed by atoms with Crippen LogP contribution in [0.5, 0.6) is 11.5 Å². The summed E-state index contributed by atoms with van der Waals surface area (Å²) >= 11 is 3.40. The lowest BCUT2D eigenvalue weighted by atomic mass is 10.1. The number of aromatic hydroxyl groups is 1. The minimum Gasteiger partial charge on any atom is -0.507 e. The first kappa shape index (κ1) is 15.4. The first-order valence-electron chi connectivity index (χ1n) is 6.44. The predicted molar refractivity (Wildman–Crippen MR) is 85.1 cm³/mol. The van der Waals surface area contributed by atoms with Gasteiger partial charge in [0.2, 0.25) is 0 Å². The van der Waals surface area contributed by atoms with Crippen LogP contribution in [0.2, 0.25) is 0 Å². The molecular weight excluding hydrogens is 334 g/mol. The number of carbonyl (C=O) groups excluding carboxylic acids is 1. The van der Waals surface area contributed by atoms with Crippen LogP contribution in [0.3, 0.4) is 0 Å². The second-order valence-electron chi connectivity index (χ2n) is 4.47. The standard InChI is InChI=1S/C16H16BrNO3/c1-21-12-7-8-13(15(19)9-12)16(20)18-14(10-17)11-5-3-2-4-6-11/h2-9,14,19H,10H2,1H3,(H,18,20). The van der Waals surface area contributed by atoms with Crippen molar-refractivity contribution < 1.29 is 14.6 Å². The average Bonchev–Trinajstić information content (AvgIpc) is 2.53. The predicted octanol–water partition coefficient (Wildman–Crippen LogP) is 3.27. The van der Waals surface area contributed by atoms with Crippen molar-refractivity contribution in [1.82, 2.24) is 5.32 Å². The summed E-state index contributed by atoms with van der Waals surface area (Å²) in [7, 11) is 1.50. The second-order valence-corrected chi connectivity index (χ2v) is 5.12. The summed E-state index contributed by atoms with van der Waals surface area (Å²) in [6, 6.07) is 14.1. The van der Waals surface area contributed by atoms with Gasteiger partial charge in [0.15, 0.2) is 0 Å². The van der Waals surface area contributed by atoms with Gasteiger partial charge in [-0.1, -0.05) is 46.3 Å². The summed E-state index contributed by atoms with van der Waals surface area (Å²) in [5.41, 5.74) is 1.22. The Morgan fingerprint density at radius 3 is 2.57 bits per heavy atom. The molecule has 4 nitrogen and oxygen atoms in total. The maximum Gasteiger partial charge on any atom is 0.255 e. The van der Waals surface area contributed by atoms with Gasteiger partial charge >= 0.3 is 0 Å². The molecule has 0 aliphatic rings. The van der Waals surface area contributed by atoms with Crippen molar-refractivity contribution in [2.75, 3.05) is 12.4 Å². The van der Waals surface area contributed by atoms with Crippen LogP contribution < -0.4 is 10.1 Å². The third-order valence-corrected chi connectivity index (χ3v) is 3.76. The minimum absolute atomic E-state index is 0.103. The van der Waals surface area contributed by atoms with E-state index in [-0.39, 0.29) is 23.3 Å². The van der Waals surface area contributed by atoms with Gasteiger partial charge in [-0.2, -0.15) is 0 Å². The maximum absolute atomic E-state index is 12.3. The molecule has 2 rings (SSSR count). The number of rotatable bonds is 5. The van der Waals surface area contributed by atoms with Crippen LogP contribution in [-0.4, -0.2) is 23.5 Å². The zero-order valence-electron chi connectivity index (χ0n) is 11.5. The molecule has 0 heterocycles. The number of carbonyl (C=O) groups is 1. The van der Waals surface area contributed by atoms with Crippen molar-refractivity contribution in [3.8, 4) is 11.5 Å². The molecule has 0 spiro atoms. The highest BCUT2D eigenvalue weighted by molar-refractivity contribution is 9.09. The van der Waals surface area contributed by atoms with Gasteiger partial charge in [0.05, 0.1) is 18.7 Å². The molecule has 2 aromatic carbocycles. The smallest absolute Gasteiger partial charge is 0.255 e. The zero-order chi connectivity index (χ0) is 15.2. The number of nitrogens with one attached hydrogen (secondary N) is 1. The Hall–Kier alpha value is -2.01. The highest BCUT2D eigenvalue weighted by Gasteiger charge is 2.17. The first-order chi connectivity index (χ1) is 10.2. The summed E-state index contributed by atoms with van der Waals surface area (Å²) < 4.78 is 5.00. The van der Waals surface area contributed by atoms with Crippen molar-refractivity contribution >= 4 is 21.8 Å². The quantitative estimate of drug-likeness (QED) is 0.814. The number of benzene rings is 2. The lowest BCUT2D eigenvalue weighted by Crippen LogP contribution is -2.29. The molecular formula is C16H16BrNO3. The van der Waals surface area contributed by atoms with Crippen molar-refractivity contribution in [3.05, 3.63) is 59.7 Å². The third-order valence-electron chi connectivity index (χ3n) is 3.11. The number of alkyl halides is 1. The Bertz CT molecular complexity index is 616. The van der Waals surface area contributed by atoms with E-state index in [2.05, 4.69) is 21.2 Å². The molecule has 21 heavy (non-hydrogen) atoms. The fourth-order valence-electron chi connectivity index (χ4n) is 1.96. The summed E-state index contributed by atoms with van der Waals surface area (Å²) in [6.45, 7) is 0. The molecule has 1 atom stereocenters. The fraction of sp³-hybridized carbons (Fsp3) is 0.188. The molecule has 0 bridgehead atoms. The molecule has 2 aromatic rings. The molecule has 0 saturated heterocycles. The van der Waals surface area contributed by atoms with E-state index >= 15 is 0 Å². The second kappa shape index (κ2) is 7.13. The summed E-state index contributed by atoms with van der Waals surface area (Å²) in [5, 5.41) is 13.4. The average molecular weight is 350 g/mol. The molecule has 1 unspecified atom stereocenters. The lowest BCUT2D eigenvalue weighted by Gasteiger charge is -2.17. The van der Waals surface area contributed by atoms with E-state index < -0.39 is 0 Å². The van der Waals surface area contributed by atoms with E-state index in [1.54, 1.807) is 12.1 Å². The Labute approximate surface area is 131 Å². The number of ether oxygens (including phenoxy) is 1. The van der Waals surface area contributed by atoms with Crippen LogP contribution in [-0.2, 0) is 0 Å².